The van der Waals surface area contributed by atoms with E-state index in [4.69, 9.17) is 0 Å². The molecule has 0 saturated carbocycles. The molecule has 0 aromatic rings. The van der Waals surface area contributed by atoms with Gasteiger partial charge in [-0.3, -0.25) is 10.2 Å². The summed E-state index contributed by atoms with van der Waals surface area (Å²) in [6.45, 7) is 11.6. The zero-order chi connectivity index (χ0) is 10.2. The van der Waals surface area contributed by atoms with Gasteiger partial charge in [-0.15, -0.1) is 0 Å². The Hall–Kier alpha value is -0.120. The van der Waals surface area contributed by atoms with Crippen LogP contribution in [0.1, 0.15) is 33.6 Å². The smallest absolute Gasteiger partial charge is 0.0742 e. The summed E-state index contributed by atoms with van der Waals surface area (Å²) in [7, 11) is 0. The molecule has 2 heterocycles. The fourth-order valence-electron chi connectivity index (χ4n) is 2.97. The maximum Gasteiger partial charge on any atom is 0.0742 e. The molecule has 3 heteroatoms. The Bertz CT molecular complexity index is 201. The van der Waals surface area contributed by atoms with Gasteiger partial charge in [-0.1, -0.05) is 0 Å². The van der Waals surface area contributed by atoms with Crippen molar-refractivity contribution in [3.05, 3.63) is 0 Å². The van der Waals surface area contributed by atoms with Gasteiger partial charge in [-0.25, -0.2) is 0 Å². The second-order valence-electron chi connectivity index (χ2n) is 5.53. The van der Waals surface area contributed by atoms with Crippen molar-refractivity contribution in [2.45, 2.75) is 44.8 Å². The molecule has 2 saturated heterocycles. The normalized spacial score (nSPS) is 28.5. The molecule has 0 bridgehead atoms. The summed E-state index contributed by atoms with van der Waals surface area (Å²) in [4.78, 5) is 2.65. The number of rotatable bonds is 0. The molecule has 2 fully saturated rings. The van der Waals surface area contributed by atoms with E-state index in [1.807, 2.05) is 0 Å². The highest BCUT2D eigenvalue weighted by Gasteiger charge is 2.45. The molecular formula is C11H23N3. The lowest BCUT2D eigenvalue weighted by Gasteiger charge is -2.48. The van der Waals surface area contributed by atoms with E-state index in [0.717, 1.165) is 19.6 Å². The fourth-order valence-corrected chi connectivity index (χ4v) is 2.97. The van der Waals surface area contributed by atoms with Crippen LogP contribution in [0, 0.1) is 0 Å². The van der Waals surface area contributed by atoms with Crippen molar-refractivity contribution in [2.75, 3.05) is 26.2 Å². The van der Waals surface area contributed by atoms with E-state index in [1.54, 1.807) is 0 Å². The minimum Gasteiger partial charge on any atom is -0.316 e. The molecule has 2 rings (SSSR count). The van der Waals surface area contributed by atoms with Crippen LogP contribution in [0.25, 0.3) is 0 Å². The van der Waals surface area contributed by atoms with Crippen LogP contribution in [-0.2, 0) is 0 Å². The van der Waals surface area contributed by atoms with Crippen molar-refractivity contribution in [2.24, 2.45) is 0 Å². The highest BCUT2D eigenvalue weighted by molar-refractivity contribution is 5.01. The summed E-state index contributed by atoms with van der Waals surface area (Å²) in [6.07, 6.45) is 2.48. The summed E-state index contributed by atoms with van der Waals surface area (Å²) < 4.78 is 0. The van der Waals surface area contributed by atoms with Gasteiger partial charge < -0.3 is 5.32 Å². The molecule has 0 amide bonds. The molecule has 2 N–H and O–H groups in total. The molecule has 0 unspecified atom stereocenters. The first-order valence-corrected chi connectivity index (χ1v) is 5.78. The standard InChI is InChI=1S/C11H23N3/c1-10(2,3)14-9-8-13-11(14)4-6-12-7-5-11/h12-13H,4-9H2,1-3H3. The molecule has 0 aliphatic carbocycles. The molecule has 3 nitrogen and oxygen atoms in total. The Balaban J connectivity index is 2.16. The van der Waals surface area contributed by atoms with E-state index in [1.165, 1.54) is 19.4 Å². The Morgan fingerprint density at radius 1 is 1.07 bits per heavy atom. The molecular weight excluding hydrogens is 174 g/mol. The Morgan fingerprint density at radius 2 is 1.71 bits per heavy atom. The predicted octanol–water partition coefficient (Wildman–Crippen LogP) is 0.770. The van der Waals surface area contributed by atoms with E-state index >= 15 is 0 Å². The van der Waals surface area contributed by atoms with Crippen LogP contribution in [0.3, 0.4) is 0 Å². The minimum atomic E-state index is 0.292. The quantitative estimate of drug-likeness (QED) is 0.600. The third-order valence-corrected chi connectivity index (χ3v) is 3.55. The van der Waals surface area contributed by atoms with Gasteiger partial charge in [0.05, 0.1) is 5.66 Å². The highest BCUT2D eigenvalue weighted by Crippen LogP contribution is 2.32. The van der Waals surface area contributed by atoms with Crippen molar-refractivity contribution in [1.82, 2.24) is 15.5 Å². The molecule has 1 spiro atoms. The monoisotopic (exact) mass is 197 g/mol. The topological polar surface area (TPSA) is 27.3 Å². The summed E-state index contributed by atoms with van der Waals surface area (Å²) in [5, 5.41) is 7.16. The number of nitrogens with one attached hydrogen (secondary N) is 2. The third-order valence-electron chi connectivity index (χ3n) is 3.55. The van der Waals surface area contributed by atoms with E-state index in [-0.39, 0.29) is 0 Å². The van der Waals surface area contributed by atoms with Crippen LogP contribution in [0.2, 0.25) is 0 Å². The molecule has 2 aliphatic heterocycles. The third kappa shape index (κ3) is 1.69. The van der Waals surface area contributed by atoms with Gasteiger partial charge in [0.15, 0.2) is 0 Å². The lowest BCUT2D eigenvalue weighted by molar-refractivity contribution is 0.00904. The van der Waals surface area contributed by atoms with Gasteiger partial charge in [0.1, 0.15) is 0 Å². The number of piperidine rings is 1. The van der Waals surface area contributed by atoms with Gasteiger partial charge in [0.2, 0.25) is 0 Å². The molecule has 82 valence electrons. The summed E-state index contributed by atoms with van der Waals surface area (Å²) >= 11 is 0. The Kier molecular flexibility index (Phi) is 2.58. The first-order chi connectivity index (χ1) is 6.55. The minimum absolute atomic E-state index is 0.292. The van der Waals surface area contributed by atoms with Gasteiger partial charge in [-0.05, 0) is 46.7 Å². The van der Waals surface area contributed by atoms with Crippen molar-refractivity contribution >= 4 is 0 Å². The zero-order valence-corrected chi connectivity index (χ0v) is 9.69. The van der Waals surface area contributed by atoms with E-state index in [2.05, 4.69) is 36.3 Å². The molecule has 0 aromatic carbocycles. The summed E-state index contributed by atoms with van der Waals surface area (Å²) in [6, 6.07) is 0. The van der Waals surface area contributed by atoms with Crippen LogP contribution in [0.4, 0.5) is 0 Å². The molecule has 2 aliphatic rings. The maximum atomic E-state index is 3.71. The lowest BCUT2D eigenvalue weighted by atomic mass is 9.92. The highest BCUT2D eigenvalue weighted by atomic mass is 15.4. The van der Waals surface area contributed by atoms with Gasteiger partial charge in [0.25, 0.3) is 0 Å². The van der Waals surface area contributed by atoms with Crippen LogP contribution < -0.4 is 10.6 Å². The van der Waals surface area contributed by atoms with Crippen LogP contribution in [0.15, 0.2) is 0 Å². The van der Waals surface area contributed by atoms with Crippen molar-refractivity contribution in [1.29, 1.82) is 0 Å². The Morgan fingerprint density at radius 3 is 2.29 bits per heavy atom. The lowest BCUT2D eigenvalue weighted by Crippen LogP contribution is -2.62. The van der Waals surface area contributed by atoms with Gasteiger partial charge in [-0.2, -0.15) is 0 Å². The van der Waals surface area contributed by atoms with Crippen LogP contribution in [0.5, 0.6) is 0 Å². The molecule has 0 atom stereocenters. The van der Waals surface area contributed by atoms with E-state index in [0.29, 0.717) is 11.2 Å². The number of hydrogen-bond acceptors (Lipinski definition) is 3. The fraction of sp³-hybridized carbons (Fsp3) is 1.00. The second kappa shape index (κ2) is 3.47. The largest absolute Gasteiger partial charge is 0.316 e. The van der Waals surface area contributed by atoms with Crippen LogP contribution >= 0.6 is 0 Å². The molecule has 14 heavy (non-hydrogen) atoms. The number of hydrogen-bond donors (Lipinski definition) is 2. The van der Waals surface area contributed by atoms with E-state index < -0.39 is 0 Å². The summed E-state index contributed by atoms with van der Waals surface area (Å²) in [5.74, 6) is 0. The van der Waals surface area contributed by atoms with Gasteiger partial charge >= 0.3 is 0 Å². The maximum absolute atomic E-state index is 3.71. The van der Waals surface area contributed by atoms with Crippen molar-refractivity contribution < 1.29 is 0 Å². The predicted molar refractivity (Wildman–Crippen MR) is 59.3 cm³/mol. The van der Waals surface area contributed by atoms with E-state index in [9.17, 15) is 0 Å². The zero-order valence-electron chi connectivity index (χ0n) is 9.69. The average Bonchev–Trinajstić information content (AvgIpc) is 2.49. The first kappa shape index (κ1) is 10.4. The Labute approximate surface area is 87.2 Å². The van der Waals surface area contributed by atoms with Crippen molar-refractivity contribution in [3.63, 3.8) is 0 Å². The van der Waals surface area contributed by atoms with Crippen LogP contribution in [-0.4, -0.2) is 42.3 Å². The second-order valence-corrected chi connectivity index (χ2v) is 5.53. The molecule has 0 radical (unpaired) electrons. The summed E-state index contributed by atoms with van der Waals surface area (Å²) in [5.41, 5.74) is 0.588. The SMILES string of the molecule is CC(C)(C)N1CCNC12CCNCC2. The van der Waals surface area contributed by atoms with Crippen molar-refractivity contribution in [3.8, 4) is 0 Å². The number of nitrogens with zero attached hydrogens (tertiary/aromatic N) is 1. The first-order valence-electron chi connectivity index (χ1n) is 5.78. The molecule has 0 aromatic heterocycles. The average molecular weight is 197 g/mol. The van der Waals surface area contributed by atoms with Gasteiger partial charge in [0, 0.05) is 18.6 Å².